The number of hydrogen-bond donors (Lipinski definition) is 0. The molecule has 0 amide bonds. The summed E-state index contributed by atoms with van der Waals surface area (Å²) in [6.45, 7) is 7.03. The second-order valence-corrected chi connectivity index (χ2v) is 28.8. The first kappa shape index (κ1) is 21.9. The van der Waals surface area contributed by atoms with Gasteiger partial charge in [0.1, 0.15) is 0 Å². The molecule has 0 N–H and O–H groups in total. The molecule has 137 valence electrons. The Kier molecular flexibility index (Phi) is 6.67. The molecule has 4 heteroatoms. The van der Waals surface area contributed by atoms with Crippen molar-refractivity contribution in [3.63, 3.8) is 0 Å². The molecule has 0 atom stereocenters. The first-order chi connectivity index (χ1) is 11.4. The van der Waals surface area contributed by atoms with Crippen molar-refractivity contribution in [2.24, 2.45) is 0 Å². The Bertz CT molecular complexity index is 980. The zero-order valence-electron chi connectivity index (χ0n) is 16.0. The standard InChI is InChI=1S/C20H17.2CH3.2ClH.H2Si.Zr/c1-13-14(2)20-17(11-16-9-5-6-10-18(16)20)12-19(13)15-7-3-4-8-15;;;;;;/h3-7,9-10H,8,11H2,1-2H3;2*1H3;2*1H;1H2;. The molecule has 26 heavy (non-hydrogen) atoms. The van der Waals surface area contributed by atoms with Gasteiger partial charge in [-0.3, -0.25) is 0 Å². The number of allylic oxidation sites excluding steroid dienone is 4. The molecule has 0 heterocycles. The summed E-state index contributed by atoms with van der Waals surface area (Å²) in [6, 6.07) is 9.04. The average Bonchev–Trinajstić information content (AvgIpc) is 3.16. The van der Waals surface area contributed by atoms with Crippen LogP contribution in [-0.2, 0) is 25.3 Å². The van der Waals surface area contributed by atoms with Gasteiger partial charge in [0.2, 0.25) is 0 Å². The molecule has 0 aromatic heterocycles. The third-order valence-electron chi connectivity index (χ3n) is 5.59. The molecule has 0 fully saturated rings. The van der Waals surface area contributed by atoms with Crippen molar-refractivity contribution in [2.45, 2.75) is 36.0 Å². The van der Waals surface area contributed by atoms with E-state index in [4.69, 9.17) is 0 Å². The summed E-state index contributed by atoms with van der Waals surface area (Å²) in [6.07, 6.45) is 9.12. The van der Waals surface area contributed by atoms with Gasteiger partial charge in [0, 0.05) is 0 Å². The van der Waals surface area contributed by atoms with E-state index in [-0.39, 0.29) is 24.8 Å². The van der Waals surface area contributed by atoms with Crippen LogP contribution in [0.25, 0.3) is 16.7 Å². The maximum Gasteiger partial charge on any atom is -0.147 e. The molecule has 0 nitrogen and oxygen atoms in total. The van der Waals surface area contributed by atoms with Gasteiger partial charge in [0.05, 0.1) is 0 Å². The van der Waals surface area contributed by atoms with Crippen LogP contribution in [0, 0.1) is 13.8 Å². The van der Waals surface area contributed by atoms with E-state index < -0.39 is 18.9 Å². The van der Waals surface area contributed by atoms with E-state index in [1.54, 1.807) is 25.5 Å². The maximum atomic E-state index is 2.59. The summed E-state index contributed by atoms with van der Waals surface area (Å²) in [7, 11) is 0. The van der Waals surface area contributed by atoms with Crippen LogP contribution < -0.4 is 3.27 Å². The first-order valence-corrected chi connectivity index (χ1v) is 20.9. The Morgan fingerprint density at radius 3 is 2.23 bits per heavy atom. The minimum absolute atomic E-state index is 0. The summed E-state index contributed by atoms with van der Waals surface area (Å²) in [5, 5.41) is 0. The summed E-state index contributed by atoms with van der Waals surface area (Å²) < 4.78 is 6.96. The van der Waals surface area contributed by atoms with Crippen LogP contribution >= 0.6 is 24.8 Å². The predicted octanol–water partition coefficient (Wildman–Crippen LogP) is 5.49. The van der Waals surface area contributed by atoms with Gasteiger partial charge in [-0.25, -0.2) is 0 Å². The van der Waals surface area contributed by atoms with E-state index in [9.17, 15) is 0 Å². The Balaban J connectivity index is 0.00000121. The van der Waals surface area contributed by atoms with E-state index in [2.05, 4.69) is 72.5 Å². The molecular formula is C22H27Cl2SiZr. The zero-order chi connectivity index (χ0) is 17.1. The Hall–Kier alpha value is -0.400. The van der Waals surface area contributed by atoms with Crippen molar-refractivity contribution < 1.29 is 18.9 Å². The minimum atomic E-state index is -2.26. The molecule has 4 rings (SSSR count). The van der Waals surface area contributed by atoms with Crippen LogP contribution in [0.5, 0.6) is 0 Å². The van der Waals surface area contributed by atoms with Gasteiger partial charge in [0.15, 0.2) is 0 Å². The topological polar surface area (TPSA) is 0 Å². The van der Waals surface area contributed by atoms with Gasteiger partial charge in [-0.05, 0) is 0 Å². The average molecular weight is 482 g/mol. The van der Waals surface area contributed by atoms with Crippen LogP contribution in [-0.4, -0.2) is 6.88 Å². The quantitative estimate of drug-likeness (QED) is 0.425. The maximum absolute atomic E-state index is 2.59. The van der Waals surface area contributed by atoms with E-state index in [1.165, 1.54) is 22.3 Å². The second-order valence-electron chi connectivity index (χ2n) is 7.90. The third kappa shape index (κ3) is 3.39. The summed E-state index contributed by atoms with van der Waals surface area (Å²) in [5.41, 5.74) is 12.4. The predicted molar refractivity (Wildman–Crippen MR) is 120 cm³/mol. The van der Waals surface area contributed by atoms with Gasteiger partial charge < -0.3 is 0 Å². The summed E-state index contributed by atoms with van der Waals surface area (Å²) in [4.78, 5) is 0. The molecule has 0 aliphatic heterocycles. The smallest absolute Gasteiger partial charge is 0.147 e. The summed E-state index contributed by atoms with van der Waals surface area (Å²) >= 11 is -2.26. The molecule has 2 aromatic carbocycles. The summed E-state index contributed by atoms with van der Waals surface area (Å²) in [5.74, 6) is 0. The Morgan fingerprint density at radius 1 is 0.962 bits per heavy atom. The van der Waals surface area contributed by atoms with Crippen molar-refractivity contribution in [1.29, 1.82) is 0 Å². The van der Waals surface area contributed by atoms with Gasteiger partial charge in [0.25, 0.3) is 0 Å². The number of fused-ring (bicyclic) bond motifs is 3. The van der Waals surface area contributed by atoms with Gasteiger partial charge in [-0.15, -0.1) is 24.8 Å². The van der Waals surface area contributed by atoms with Crippen LogP contribution in [0.1, 0.15) is 34.2 Å². The van der Waals surface area contributed by atoms with Crippen LogP contribution in [0.3, 0.4) is 0 Å². The Morgan fingerprint density at radius 2 is 1.62 bits per heavy atom. The number of halogens is 2. The Labute approximate surface area is 175 Å². The molecule has 0 saturated carbocycles. The molecule has 2 aromatic rings. The largest absolute Gasteiger partial charge is 0.147 e. The molecule has 0 saturated heterocycles. The molecule has 0 bridgehead atoms. The third-order valence-corrected chi connectivity index (χ3v) is 12.4. The van der Waals surface area contributed by atoms with Crippen LogP contribution in [0.15, 0.2) is 42.5 Å². The van der Waals surface area contributed by atoms with Crippen molar-refractivity contribution in [1.82, 2.24) is 0 Å². The minimum Gasteiger partial charge on any atom is -0.147 e. The fourth-order valence-corrected chi connectivity index (χ4v) is 11.9. The van der Waals surface area contributed by atoms with Gasteiger partial charge in [-0.2, -0.15) is 0 Å². The SMILES string of the molecule is Cc1c(C)c2c([c]([Zr]([CH3])([CH3])=[SiH2])c1C1=CC=CC1)Cc1ccccc1-2.Cl.Cl. The van der Waals surface area contributed by atoms with Crippen molar-refractivity contribution in [3.05, 3.63) is 70.3 Å². The monoisotopic (exact) mass is 479 g/mol. The van der Waals surface area contributed by atoms with Crippen LogP contribution in [0.4, 0.5) is 0 Å². The molecular weight excluding hydrogens is 454 g/mol. The molecule has 0 unspecified atom stereocenters. The number of hydrogen-bond acceptors (Lipinski definition) is 0. The molecule has 2 aliphatic carbocycles. The normalized spacial score (nSPS) is 14.2. The first-order valence-electron chi connectivity index (χ1n) is 8.86. The number of benzene rings is 2. The van der Waals surface area contributed by atoms with Crippen molar-refractivity contribution in [2.75, 3.05) is 0 Å². The number of rotatable bonds is 2. The van der Waals surface area contributed by atoms with Gasteiger partial charge >= 0.3 is 152 Å². The van der Waals surface area contributed by atoms with Crippen molar-refractivity contribution >= 4 is 40.5 Å². The fraction of sp³-hybridized carbons (Fsp3) is 0.273. The second kappa shape index (κ2) is 7.92. The molecule has 2 aliphatic rings. The van der Waals surface area contributed by atoms with E-state index in [0.29, 0.717) is 0 Å². The zero-order valence-corrected chi connectivity index (χ0v) is 21.5. The van der Waals surface area contributed by atoms with E-state index >= 15 is 0 Å². The molecule has 0 radical (unpaired) electrons. The van der Waals surface area contributed by atoms with Crippen molar-refractivity contribution in [3.8, 4) is 11.1 Å². The van der Waals surface area contributed by atoms with Crippen LogP contribution in [0.2, 0.25) is 9.26 Å². The van der Waals surface area contributed by atoms with Gasteiger partial charge in [-0.1, -0.05) is 0 Å². The van der Waals surface area contributed by atoms with E-state index in [1.807, 2.05) is 0 Å². The fourth-order valence-electron chi connectivity index (χ4n) is 4.50. The van der Waals surface area contributed by atoms with E-state index in [0.717, 1.165) is 12.8 Å². The molecule has 0 spiro atoms.